The fourth-order valence-corrected chi connectivity index (χ4v) is 10.6. The van der Waals surface area contributed by atoms with E-state index in [0.29, 0.717) is 0 Å². The van der Waals surface area contributed by atoms with Gasteiger partial charge in [0.25, 0.3) is 0 Å². The second kappa shape index (κ2) is 17.4. The average molecular weight is 891 g/mol. The number of para-hydroxylation sites is 3. The zero-order valence-corrected chi connectivity index (χ0v) is 38.5. The van der Waals surface area contributed by atoms with Gasteiger partial charge < -0.3 is 9.80 Å². The molecule has 0 amide bonds. The Kier molecular flexibility index (Phi) is 10.2. The highest BCUT2D eigenvalue weighted by molar-refractivity contribution is 6.23. The predicted octanol–water partition coefficient (Wildman–Crippen LogP) is 19.4. The first-order chi connectivity index (χ1) is 34.7. The minimum absolute atomic E-state index is 1.09. The first-order valence-corrected chi connectivity index (χ1v) is 24.1. The van der Waals surface area contributed by atoms with E-state index in [2.05, 4.69) is 289 Å². The third-order valence-corrected chi connectivity index (χ3v) is 13.9. The molecule has 0 radical (unpaired) electrons. The number of nitrogens with zero attached hydrogens (tertiary/aromatic N) is 2. The number of rotatable bonds is 9. The summed E-state index contributed by atoms with van der Waals surface area (Å²) in [6, 6.07) is 102. The third kappa shape index (κ3) is 7.40. The van der Waals surface area contributed by atoms with E-state index in [1.807, 2.05) is 0 Å². The van der Waals surface area contributed by atoms with Crippen molar-refractivity contribution in [2.45, 2.75) is 0 Å². The Morgan fingerprint density at radius 2 is 0.500 bits per heavy atom. The van der Waals surface area contributed by atoms with Gasteiger partial charge in [-0.25, -0.2) is 0 Å². The van der Waals surface area contributed by atoms with Crippen molar-refractivity contribution in [3.63, 3.8) is 0 Å². The summed E-state index contributed by atoms with van der Waals surface area (Å²) in [6.45, 7) is 0. The Hall–Kier alpha value is -9.24. The molecule has 0 heterocycles. The zero-order chi connectivity index (χ0) is 46.4. The summed E-state index contributed by atoms with van der Waals surface area (Å²) in [7, 11) is 0. The van der Waals surface area contributed by atoms with Crippen molar-refractivity contribution in [1.29, 1.82) is 0 Å². The van der Waals surface area contributed by atoms with Gasteiger partial charge in [-0.2, -0.15) is 0 Å². The molecule has 328 valence electrons. The van der Waals surface area contributed by atoms with Crippen LogP contribution in [0.1, 0.15) is 0 Å². The van der Waals surface area contributed by atoms with Crippen molar-refractivity contribution in [3.8, 4) is 33.4 Å². The molecule has 13 aromatic rings. The second-order valence-electron chi connectivity index (χ2n) is 18.1. The van der Waals surface area contributed by atoms with Crippen LogP contribution in [0.4, 0.5) is 34.1 Å². The Morgan fingerprint density at radius 1 is 0.171 bits per heavy atom. The fourth-order valence-electron chi connectivity index (χ4n) is 10.6. The van der Waals surface area contributed by atoms with Crippen LogP contribution in [0, 0.1) is 0 Å². The van der Waals surface area contributed by atoms with E-state index in [1.54, 1.807) is 0 Å². The number of hydrogen-bond acceptors (Lipinski definition) is 2. The molecular weight excluding hydrogens is 845 g/mol. The number of benzene rings is 13. The number of hydrogen-bond donors (Lipinski definition) is 0. The Balaban J connectivity index is 1.10. The van der Waals surface area contributed by atoms with E-state index in [9.17, 15) is 0 Å². The Labute approximate surface area is 408 Å². The smallest absolute Gasteiger partial charge is 0.0468 e. The molecule has 0 bridgehead atoms. The van der Waals surface area contributed by atoms with Crippen LogP contribution >= 0.6 is 0 Å². The molecular formula is C68H46N2. The van der Waals surface area contributed by atoms with Crippen LogP contribution in [-0.4, -0.2) is 0 Å². The normalized spacial score (nSPS) is 11.4. The van der Waals surface area contributed by atoms with Gasteiger partial charge in [-0.15, -0.1) is 0 Å². The maximum Gasteiger partial charge on any atom is 0.0468 e. The van der Waals surface area contributed by atoms with Crippen LogP contribution in [-0.2, 0) is 0 Å². The van der Waals surface area contributed by atoms with Crippen molar-refractivity contribution in [2.75, 3.05) is 9.80 Å². The molecule has 0 atom stereocenters. The fraction of sp³-hybridized carbons (Fsp3) is 0. The molecule has 0 N–H and O–H groups in total. The Bertz CT molecular complexity index is 4010. The molecule has 0 aliphatic rings. The minimum atomic E-state index is 1.09. The quantitative estimate of drug-likeness (QED) is 0.133. The van der Waals surface area contributed by atoms with Crippen molar-refractivity contribution in [1.82, 2.24) is 0 Å². The van der Waals surface area contributed by atoms with Gasteiger partial charge >= 0.3 is 0 Å². The molecule has 0 fully saturated rings. The van der Waals surface area contributed by atoms with Gasteiger partial charge in [-0.3, -0.25) is 0 Å². The molecule has 2 heteroatoms. The SMILES string of the molecule is c1ccc(N(c2ccccc2)c2ccc3c(-c4ccc5ccccc5c4)c4cc(N(c5ccccc5)c5ccc6ccccc6c5)ccc4c(-c4ccc(-c5ccc6ccccc6c5)cc4)c3c2)cc1. The first-order valence-electron chi connectivity index (χ1n) is 24.1. The van der Waals surface area contributed by atoms with Crippen LogP contribution in [0.3, 0.4) is 0 Å². The molecule has 0 aliphatic carbocycles. The molecule has 0 unspecified atom stereocenters. The molecule has 13 rings (SSSR count). The van der Waals surface area contributed by atoms with Crippen molar-refractivity contribution in [3.05, 3.63) is 279 Å². The van der Waals surface area contributed by atoms with E-state index >= 15 is 0 Å². The van der Waals surface area contributed by atoms with Crippen molar-refractivity contribution >= 4 is 88.0 Å². The molecule has 2 nitrogen and oxygen atoms in total. The van der Waals surface area contributed by atoms with E-state index < -0.39 is 0 Å². The molecule has 0 aliphatic heterocycles. The Morgan fingerprint density at radius 3 is 1.00 bits per heavy atom. The lowest BCUT2D eigenvalue weighted by Gasteiger charge is -2.28. The summed E-state index contributed by atoms with van der Waals surface area (Å²) in [6.07, 6.45) is 0. The maximum atomic E-state index is 2.43. The van der Waals surface area contributed by atoms with Gasteiger partial charge in [0.2, 0.25) is 0 Å². The summed E-state index contributed by atoms with van der Waals surface area (Å²) in [5, 5.41) is 12.1. The van der Waals surface area contributed by atoms with Crippen molar-refractivity contribution < 1.29 is 0 Å². The van der Waals surface area contributed by atoms with Gasteiger partial charge in [0.15, 0.2) is 0 Å². The summed E-state index contributed by atoms with van der Waals surface area (Å²) >= 11 is 0. The summed E-state index contributed by atoms with van der Waals surface area (Å²) < 4.78 is 0. The zero-order valence-electron chi connectivity index (χ0n) is 38.5. The molecule has 13 aromatic carbocycles. The van der Waals surface area contributed by atoms with Crippen LogP contribution in [0.15, 0.2) is 279 Å². The van der Waals surface area contributed by atoms with Crippen LogP contribution in [0.5, 0.6) is 0 Å². The molecule has 0 aromatic heterocycles. The maximum absolute atomic E-state index is 2.43. The highest BCUT2D eigenvalue weighted by Gasteiger charge is 2.23. The highest BCUT2D eigenvalue weighted by Crippen LogP contribution is 2.49. The van der Waals surface area contributed by atoms with Gasteiger partial charge in [0.1, 0.15) is 0 Å². The van der Waals surface area contributed by atoms with E-state index in [0.717, 1.165) is 39.7 Å². The van der Waals surface area contributed by atoms with E-state index in [-0.39, 0.29) is 0 Å². The number of fused-ring (bicyclic) bond motifs is 5. The summed E-state index contributed by atoms with van der Waals surface area (Å²) in [4.78, 5) is 4.77. The highest BCUT2D eigenvalue weighted by atomic mass is 15.1. The first kappa shape index (κ1) is 41.0. The standard InChI is InChI=1S/C68H46N2/c1-4-22-57(23-5-1)69(58-24-6-2-7-25-58)61-38-41-64-65(45-61)67(51-32-28-50(29-33-51)55-34-30-47-16-10-13-19-52(47)42-55)63-40-39-62(46-66(63)68(64)56-35-31-48-17-11-14-20-53(48)43-56)70(59-26-8-3-9-27-59)60-37-36-49-18-12-15-21-54(49)44-60/h1-46H. The lowest BCUT2D eigenvalue weighted by molar-refractivity contribution is 1.29. The molecule has 0 saturated heterocycles. The largest absolute Gasteiger partial charge is 0.310 e. The monoisotopic (exact) mass is 890 g/mol. The third-order valence-electron chi connectivity index (χ3n) is 13.9. The van der Waals surface area contributed by atoms with E-state index in [1.165, 1.54) is 81.7 Å². The molecule has 70 heavy (non-hydrogen) atoms. The van der Waals surface area contributed by atoms with Crippen LogP contribution in [0.2, 0.25) is 0 Å². The predicted molar refractivity (Wildman–Crippen MR) is 300 cm³/mol. The topological polar surface area (TPSA) is 6.48 Å². The lowest BCUT2D eigenvalue weighted by Crippen LogP contribution is -2.10. The van der Waals surface area contributed by atoms with Gasteiger partial charge in [-0.05, 0) is 172 Å². The molecule has 0 spiro atoms. The molecule has 0 saturated carbocycles. The lowest BCUT2D eigenvalue weighted by atomic mass is 9.84. The average Bonchev–Trinajstić information content (AvgIpc) is 3.43. The van der Waals surface area contributed by atoms with Crippen LogP contribution < -0.4 is 9.80 Å². The summed E-state index contributed by atoms with van der Waals surface area (Å²) in [5.41, 5.74) is 13.7. The summed E-state index contributed by atoms with van der Waals surface area (Å²) in [5.74, 6) is 0. The minimum Gasteiger partial charge on any atom is -0.310 e. The number of anilines is 6. The second-order valence-corrected chi connectivity index (χ2v) is 18.1. The van der Waals surface area contributed by atoms with Gasteiger partial charge in [0.05, 0.1) is 0 Å². The van der Waals surface area contributed by atoms with Crippen molar-refractivity contribution in [2.24, 2.45) is 0 Å². The van der Waals surface area contributed by atoms with Crippen LogP contribution in [0.25, 0.3) is 87.2 Å². The van der Waals surface area contributed by atoms with E-state index in [4.69, 9.17) is 0 Å². The van der Waals surface area contributed by atoms with Gasteiger partial charge in [0, 0.05) is 34.1 Å². The van der Waals surface area contributed by atoms with Gasteiger partial charge in [-0.1, -0.05) is 194 Å².